The van der Waals surface area contributed by atoms with Crippen LogP contribution in [0.3, 0.4) is 0 Å². The summed E-state index contributed by atoms with van der Waals surface area (Å²) in [6.07, 6.45) is 0. The maximum atomic E-state index is 12.3. The SMILES string of the molecule is Cc1ccc(NC(=O)COC(=O)c2c(Cl)cccc2Cl)cc1S(=O)(=O)N(C)C. The zero-order chi connectivity index (χ0) is 21.1. The molecule has 0 aliphatic heterocycles. The summed E-state index contributed by atoms with van der Waals surface area (Å²) < 4.78 is 30.7. The molecular weight excluding hydrogens is 427 g/mol. The molecule has 0 aliphatic carbocycles. The number of hydrogen-bond acceptors (Lipinski definition) is 5. The molecule has 0 bridgehead atoms. The molecule has 7 nitrogen and oxygen atoms in total. The highest BCUT2D eigenvalue weighted by molar-refractivity contribution is 7.89. The van der Waals surface area contributed by atoms with Gasteiger partial charge in [-0.25, -0.2) is 17.5 Å². The van der Waals surface area contributed by atoms with Gasteiger partial charge in [-0.05, 0) is 36.8 Å². The van der Waals surface area contributed by atoms with Crippen LogP contribution < -0.4 is 5.32 Å². The molecule has 0 atom stereocenters. The largest absolute Gasteiger partial charge is 0.452 e. The second-order valence-corrected chi connectivity index (χ2v) is 8.92. The van der Waals surface area contributed by atoms with Gasteiger partial charge >= 0.3 is 5.97 Å². The lowest BCUT2D eigenvalue weighted by molar-refractivity contribution is -0.119. The molecule has 0 heterocycles. The Balaban J connectivity index is 2.09. The third-order valence-corrected chi connectivity index (χ3v) is 6.32. The van der Waals surface area contributed by atoms with Gasteiger partial charge in [-0.1, -0.05) is 35.3 Å². The van der Waals surface area contributed by atoms with E-state index in [-0.39, 0.29) is 26.2 Å². The molecule has 0 fully saturated rings. The van der Waals surface area contributed by atoms with E-state index in [1.165, 1.54) is 32.3 Å². The number of esters is 1. The third-order valence-electron chi connectivity index (χ3n) is 3.73. The van der Waals surface area contributed by atoms with Crippen molar-refractivity contribution in [2.45, 2.75) is 11.8 Å². The van der Waals surface area contributed by atoms with Crippen molar-refractivity contribution in [2.24, 2.45) is 0 Å². The third kappa shape index (κ3) is 5.02. The lowest BCUT2D eigenvalue weighted by atomic mass is 10.2. The van der Waals surface area contributed by atoms with E-state index in [1.807, 2.05) is 0 Å². The van der Waals surface area contributed by atoms with Gasteiger partial charge in [0.15, 0.2) is 6.61 Å². The van der Waals surface area contributed by atoms with Crippen molar-refractivity contribution in [3.05, 3.63) is 57.6 Å². The molecule has 1 N–H and O–H groups in total. The van der Waals surface area contributed by atoms with Crippen LogP contribution in [0.2, 0.25) is 10.0 Å². The molecule has 2 aromatic rings. The van der Waals surface area contributed by atoms with Crippen LogP contribution in [0, 0.1) is 6.92 Å². The van der Waals surface area contributed by atoms with E-state index in [1.54, 1.807) is 25.1 Å². The molecule has 28 heavy (non-hydrogen) atoms. The Bertz CT molecular complexity index is 1000. The maximum Gasteiger partial charge on any atom is 0.341 e. The Morgan fingerprint density at radius 3 is 2.29 bits per heavy atom. The van der Waals surface area contributed by atoms with E-state index in [2.05, 4.69) is 5.32 Å². The summed E-state index contributed by atoms with van der Waals surface area (Å²) in [6, 6.07) is 8.99. The van der Waals surface area contributed by atoms with Gasteiger partial charge in [0.1, 0.15) is 0 Å². The number of carbonyl (C=O) groups excluding carboxylic acids is 2. The topological polar surface area (TPSA) is 92.8 Å². The number of rotatable bonds is 6. The minimum atomic E-state index is -3.67. The highest BCUT2D eigenvalue weighted by Crippen LogP contribution is 2.25. The Kier molecular flexibility index (Phi) is 7.06. The van der Waals surface area contributed by atoms with Gasteiger partial charge in [-0.15, -0.1) is 0 Å². The molecule has 0 spiro atoms. The summed E-state index contributed by atoms with van der Waals surface area (Å²) in [4.78, 5) is 24.2. The molecule has 0 saturated carbocycles. The van der Waals surface area contributed by atoms with Gasteiger partial charge in [-0.2, -0.15) is 0 Å². The highest BCUT2D eigenvalue weighted by Gasteiger charge is 2.21. The standard InChI is InChI=1S/C18H18Cl2N2O5S/c1-11-7-8-12(9-15(11)28(25,26)22(2)3)21-16(23)10-27-18(24)17-13(19)5-4-6-14(17)20/h4-9H,10H2,1-3H3,(H,21,23). The van der Waals surface area contributed by atoms with Crippen LogP contribution in [-0.4, -0.2) is 45.3 Å². The summed E-state index contributed by atoms with van der Waals surface area (Å²) in [7, 11) is -0.838. The van der Waals surface area contributed by atoms with Gasteiger partial charge in [-0.3, -0.25) is 4.79 Å². The van der Waals surface area contributed by atoms with E-state index >= 15 is 0 Å². The summed E-state index contributed by atoms with van der Waals surface area (Å²) >= 11 is 11.8. The van der Waals surface area contributed by atoms with Gasteiger partial charge in [0.25, 0.3) is 5.91 Å². The second-order valence-electron chi connectivity index (χ2n) is 5.99. The second kappa shape index (κ2) is 8.91. The van der Waals surface area contributed by atoms with Crippen LogP contribution >= 0.6 is 23.2 Å². The fraction of sp³-hybridized carbons (Fsp3) is 0.222. The summed E-state index contributed by atoms with van der Waals surface area (Å²) in [5, 5.41) is 2.70. The highest BCUT2D eigenvalue weighted by atomic mass is 35.5. The predicted molar refractivity (Wildman–Crippen MR) is 107 cm³/mol. The zero-order valence-corrected chi connectivity index (χ0v) is 17.7. The van der Waals surface area contributed by atoms with Crippen LogP contribution in [0.15, 0.2) is 41.3 Å². The first-order valence-corrected chi connectivity index (χ1v) is 10.2. The fourth-order valence-corrected chi connectivity index (χ4v) is 3.94. The number of sulfonamides is 1. The number of anilines is 1. The number of nitrogens with zero attached hydrogens (tertiary/aromatic N) is 1. The van der Waals surface area contributed by atoms with Gasteiger partial charge in [0, 0.05) is 19.8 Å². The summed E-state index contributed by atoms with van der Waals surface area (Å²) in [6.45, 7) is 1.06. The smallest absolute Gasteiger partial charge is 0.341 e. The average molecular weight is 445 g/mol. The van der Waals surface area contributed by atoms with Gasteiger partial charge in [0.2, 0.25) is 10.0 Å². The van der Waals surface area contributed by atoms with E-state index in [4.69, 9.17) is 27.9 Å². The summed E-state index contributed by atoms with van der Waals surface area (Å²) in [5.41, 5.74) is 0.752. The van der Waals surface area contributed by atoms with Gasteiger partial charge < -0.3 is 10.1 Å². The van der Waals surface area contributed by atoms with Crippen LogP contribution in [0.5, 0.6) is 0 Å². The first kappa shape index (κ1) is 22.2. The first-order chi connectivity index (χ1) is 13.0. The lowest BCUT2D eigenvalue weighted by Gasteiger charge is -2.15. The molecule has 1 amide bonds. The fourth-order valence-electron chi connectivity index (χ4n) is 2.25. The number of amides is 1. The Morgan fingerprint density at radius 1 is 1.11 bits per heavy atom. The molecular formula is C18H18Cl2N2O5S. The van der Waals surface area contributed by atoms with Crippen molar-refractivity contribution in [1.29, 1.82) is 0 Å². The van der Waals surface area contributed by atoms with Crippen molar-refractivity contribution >= 4 is 50.8 Å². The Hall–Kier alpha value is -2.13. The molecule has 0 saturated heterocycles. The number of aryl methyl sites for hydroxylation is 1. The quantitative estimate of drug-likeness (QED) is 0.689. The molecule has 0 radical (unpaired) electrons. The molecule has 10 heteroatoms. The monoisotopic (exact) mass is 444 g/mol. The van der Waals surface area contributed by atoms with Crippen molar-refractivity contribution in [3.8, 4) is 0 Å². The molecule has 2 rings (SSSR count). The number of nitrogens with one attached hydrogen (secondary N) is 1. The van der Waals surface area contributed by atoms with Gasteiger partial charge in [0.05, 0.1) is 20.5 Å². The van der Waals surface area contributed by atoms with Crippen molar-refractivity contribution in [2.75, 3.05) is 26.0 Å². The molecule has 2 aromatic carbocycles. The van der Waals surface area contributed by atoms with Crippen LogP contribution in [0.1, 0.15) is 15.9 Å². The van der Waals surface area contributed by atoms with Crippen molar-refractivity contribution in [3.63, 3.8) is 0 Å². The van der Waals surface area contributed by atoms with Crippen molar-refractivity contribution < 1.29 is 22.7 Å². The van der Waals surface area contributed by atoms with Crippen LogP contribution in [0.4, 0.5) is 5.69 Å². The summed E-state index contributed by atoms with van der Waals surface area (Å²) in [5.74, 6) is -1.49. The first-order valence-electron chi connectivity index (χ1n) is 7.98. The van der Waals surface area contributed by atoms with E-state index in [9.17, 15) is 18.0 Å². The minimum Gasteiger partial charge on any atom is -0.452 e. The number of ether oxygens (including phenoxy) is 1. The number of benzene rings is 2. The molecule has 0 unspecified atom stereocenters. The van der Waals surface area contributed by atoms with Crippen LogP contribution in [0.25, 0.3) is 0 Å². The molecule has 150 valence electrons. The van der Waals surface area contributed by atoms with Crippen molar-refractivity contribution in [1.82, 2.24) is 4.31 Å². The van der Waals surface area contributed by atoms with Crippen LogP contribution in [-0.2, 0) is 19.6 Å². The number of halogens is 2. The van der Waals surface area contributed by atoms with E-state index < -0.39 is 28.5 Å². The zero-order valence-electron chi connectivity index (χ0n) is 15.3. The Morgan fingerprint density at radius 2 is 1.71 bits per heavy atom. The lowest BCUT2D eigenvalue weighted by Crippen LogP contribution is -2.24. The maximum absolute atomic E-state index is 12.3. The average Bonchev–Trinajstić information content (AvgIpc) is 2.61. The number of carbonyl (C=O) groups is 2. The normalized spacial score (nSPS) is 11.4. The Labute approximate surface area is 173 Å². The predicted octanol–water partition coefficient (Wildman–Crippen LogP) is 3.35. The molecule has 0 aromatic heterocycles. The van der Waals surface area contributed by atoms with E-state index in [0.717, 1.165) is 4.31 Å². The van der Waals surface area contributed by atoms with E-state index in [0.29, 0.717) is 5.56 Å². The number of hydrogen-bond donors (Lipinski definition) is 1. The minimum absolute atomic E-state index is 0.0340. The molecule has 0 aliphatic rings.